The topological polar surface area (TPSA) is 94.1 Å². The lowest BCUT2D eigenvalue weighted by Crippen LogP contribution is -2.37. The lowest BCUT2D eigenvalue weighted by Gasteiger charge is -2.27. The second kappa shape index (κ2) is 8.47. The average molecular weight is 481 g/mol. The fraction of sp³-hybridized carbons (Fsp3) is 0.217. The second-order valence-corrected chi connectivity index (χ2v) is 9.09. The molecule has 1 N–H and O–H groups in total. The molecule has 0 saturated heterocycles. The number of hydrogen-bond acceptors (Lipinski definition) is 6. The van der Waals surface area contributed by atoms with Crippen LogP contribution in [0.4, 0.5) is 0 Å². The van der Waals surface area contributed by atoms with Gasteiger partial charge >= 0.3 is 0 Å². The summed E-state index contributed by atoms with van der Waals surface area (Å²) >= 11 is 3.40. The van der Waals surface area contributed by atoms with E-state index in [2.05, 4.69) is 36.5 Å². The molecule has 0 spiro atoms. The maximum atomic E-state index is 12.9. The first kappa shape index (κ1) is 21.0. The Kier molecular flexibility index (Phi) is 5.73. The molecule has 1 unspecified atom stereocenters. The molecule has 158 valence electrons. The first-order chi connectivity index (χ1) is 14.8. The van der Waals surface area contributed by atoms with Crippen molar-refractivity contribution in [3.05, 3.63) is 76.7 Å². The Morgan fingerprint density at radius 1 is 0.968 bits per heavy atom. The number of carbonyl (C=O) groups is 1. The van der Waals surface area contributed by atoms with Gasteiger partial charge in [-0.15, -0.1) is 0 Å². The first-order valence-corrected chi connectivity index (χ1v) is 10.5. The Hall–Kier alpha value is -3.26. The predicted molar refractivity (Wildman–Crippen MR) is 119 cm³/mol. The van der Waals surface area contributed by atoms with Gasteiger partial charge in [0.25, 0.3) is 5.91 Å². The number of nitrogens with one attached hydrogen (secondary N) is 1. The Balaban J connectivity index is 1.56. The predicted octanol–water partition coefficient (Wildman–Crippen LogP) is 5.67. The Morgan fingerprint density at radius 3 is 2.35 bits per heavy atom. The lowest BCUT2D eigenvalue weighted by molar-refractivity contribution is 0.0871. The van der Waals surface area contributed by atoms with Crippen molar-refractivity contribution < 1.29 is 13.8 Å². The molecule has 1 atom stereocenters. The summed E-state index contributed by atoms with van der Waals surface area (Å²) in [5.74, 6) is 0.926. The third kappa shape index (κ3) is 4.74. The van der Waals surface area contributed by atoms with Crippen LogP contribution in [0.1, 0.15) is 43.2 Å². The van der Waals surface area contributed by atoms with Crippen molar-refractivity contribution in [1.82, 2.24) is 20.6 Å². The molecule has 0 bridgehead atoms. The monoisotopic (exact) mass is 480 g/mol. The summed E-state index contributed by atoms with van der Waals surface area (Å²) in [7, 11) is 0. The molecule has 8 heteroatoms. The smallest absolute Gasteiger partial charge is 0.274 e. The average Bonchev–Trinajstić information content (AvgIpc) is 3.42. The molecule has 4 aromatic rings. The number of benzene rings is 2. The fourth-order valence-electron chi connectivity index (χ4n) is 3.04. The van der Waals surface area contributed by atoms with E-state index in [0.717, 1.165) is 15.6 Å². The van der Waals surface area contributed by atoms with Crippen LogP contribution in [0.25, 0.3) is 22.7 Å². The number of rotatable bonds is 5. The third-order valence-electron chi connectivity index (χ3n) is 4.73. The molecule has 31 heavy (non-hydrogen) atoms. The van der Waals surface area contributed by atoms with Crippen molar-refractivity contribution in [2.75, 3.05) is 0 Å². The van der Waals surface area contributed by atoms with Crippen molar-refractivity contribution in [3.8, 4) is 22.7 Å². The van der Waals surface area contributed by atoms with Gasteiger partial charge in [-0.1, -0.05) is 89.5 Å². The molecule has 0 aliphatic carbocycles. The summed E-state index contributed by atoms with van der Waals surface area (Å²) in [6.45, 7) is 5.96. The minimum Gasteiger partial charge on any atom is -0.355 e. The Labute approximate surface area is 188 Å². The minimum absolute atomic E-state index is 0.176. The van der Waals surface area contributed by atoms with Crippen LogP contribution in [0.2, 0.25) is 0 Å². The van der Waals surface area contributed by atoms with Gasteiger partial charge in [0.15, 0.2) is 11.5 Å². The van der Waals surface area contributed by atoms with Gasteiger partial charge in [0.05, 0.1) is 0 Å². The normalized spacial score (nSPS) is 12.5. The number of hydrogen-bond donors (Lipinski definition) is 1. The maximum absolute atomic E-state index is 12.9. The van der Waals surface area contributed by atoms with Crippen molar-refractivity contribution in [2.45, 2.75) is 26.8 Å². The molecule has 1 amide bonds. The zero-order valence-electron chi connectivity index (χ0n) is 17.3. The van der Waals surface area contributed by atoms with Crippen molar-refractivity contribution >= 4 is 21.8 Å². The standard InChI is InChI=1S/C23H21BrN4O3/c1-23(2,3)19(22-26-20(28-31-22)15-7-5-4-6-8-15)25-21(29)17-13-18(30-27-17)14-9-11-16(24)12-10-14/h4-13,19H,1-3H3,(H,25,29). The van der Waals surface area contributed by atoms with E-state index in [0.29, 0.717) is 17.5 Å². The third-order valence-corrected chi connectivity index (χ3v) is 5.26. The molecule has 0 aliphatic heterocycles. The minimum atomic E-state index is -0.516. The van der Waals surface area contributed by atoms with E-state index >= 15 is 0 Å². The van der Waals surface area contributed by atoms with Crippen LogP contribution in [-0.2, 0) is 0 Å². The summed E-state index contributed by atoms with van der Waals surface area (Å²) in [5, 5.41) is 11.0. The SMILES string of the molecule is CC(C)(C)C(NC(=O)c1cc(-c2ccc(Br)cc2)on1)c1nc(-c2ccccc2)no1. The number of carbonyl (C=O) groups excluding carboxylic acids is 1. The zero-order chi connectivity index (χ0) is 22.0. The van der Waals surface area contributed by atoms with Gasteiger partial charge in [-0.25, -0.2) is 0 Å². The first-order valence-electron chi connectivity index (χ1n) is 9.74. The number of amides is 1. The van der Waals surface area contributed by atoms with Gasteiger partial charge in [0.1, 0.15) is 6.04 Å². The molecule has 2 heterocycles. The molecule has 2 aromatic carbocycles. The highest BCUT2D eigenvalue weighted by Crippen LogP contribution is 2.33. The lowest BCUT2D eigenvalue weighted by atomic mass is 9.86. The highest BCUT2D eigenvalue weighted by atomic mass is 79.9. The van der Waals surface area contributed by atoms with Crippen LogP contribution in [0.15, 0.2) is 74.2 Å². The Bertz CT molecular complexity index is 1180. The van der Waals surface area contributed by atoms with Gasteiger partial charge in [-0.05, 0) is 17.5 Å². The highest BCUT2D eigenvalue weighted by molar-refractivity contribution is 9.10. The molecular weight excluding hydrogens is 460 g/mol. The van der Waals surface area contributed by atoms with Crippen LogP contribution < -0.4 is 5.32 Å². The van der Waals surface area contributed by atoms with Crippen molar-refractivity contribution in [3.63, 3.8) is 0 Å². The number of nitrogens with zero attached hydrogens (tertiary/aromatic N) is 3. The molecular formula is C23H21BrN4O3. The van der Waals surface area contributed by atoms with Crippen LogP contribution in [-0.4, -0.2) is 21.2 Å². The van der Waals surface area contributed by atoms with Gasteiger partial charge in [-0.2, -0.15) is 4.98 Å². The summed E-state index contributed by atoms with van der Waals surface area (Å²) < 4.78 is 11.8. The van der Waals surface area contributed by atoms with Gasteiger partial charge in [0, 0.05) is 21.7 Å². The van der Waals surface area contributed by atoms with E-state index < -0.39 is 6.04 Å². The van der Waals surface area contributed by atoms with Crippen LogP contribution in [0, 0.1) is 5.41 Å². The van der Waals surface area contributed by atoms with Crippen molar-refractivity contribution in [1.29, 1.82) is 0 Å². The van der Waals surface area contributed by atoms with Crippen LogP contribution in [0.3, 0.4) is 0 Å². The van der Waals surface area contributed by atoms with E-state index in [1.165, 1.54) is 0 Å². The zero-order valence-corrected chi connectivity index (χ0v) is 18.9. The molecule has 4 rings (SSSR count). The Morgan fingerprint density at radius 2 is 1.68 bits per heavy atom. The maximum Gasteiger partial charge on any atom is 0.274 e. The molecule has 0 fully saturated rings. The molecule has 7 nitrogen and oxygen atoms in total. The molecule has 0 saturated carbocycles. The van der Waals surface area contributed by atoms with E-state index in [9.17, 15) is 4.79 Å². The quantitative estimate of drug-likeness (QED) is 0.395. The van der Waals surface area contributed by atoms with E-state index in [1.54, 1.807) is 6.07 Å². The number of halogens is 1. The molecule has 2 aromatic heterocycles. The summed E-state index contributed by atoms with van der Waals surface area (Å²) in [6, 6.07) is 18.2. The second-order valence-electron chi connectivity index (χ2n) is 8.18. The van der Waals surface area contributed by atoms with Gasteiger partial charge in [-0.3, -0.25) is 4.79 Å². The highest BCUT2D eigenvalue weighted by Gasteiger charge is 2.34. The fourth-order valence-corrected chi connectivity index (χ4v) is 3.31. The van der Waals surface area contributed by atoms with Gasteiger partial charge in [0.2, 0.25) is 11.7 Å². The summed E-state index contributed by atoms with van der Waals surface area (Å²) in [5.41, 5.74) is 1.46. The summed E-state index contributed by atoms with van der Waals surface area (Å²) in [4.78, 5) is 17.4. The van der Waals surface area contributed by atoms with Crippen LogP contribution >= 0.6 is 15.9 Å². The largest absolute Gasteiger partial charge is 0.355 e. The van der Waals surface area contributed by atoms with E-state index in [-0.39, 0.29) is 17.0 Å². The van der Waals surface area contributed by atoms with E-state index in [4.69, 9.17) is 9.05 Å². The molecule has 0 radical (unpaired) electrons. The van der Waals surface area contributed by atoms with Crippen molar-refractivity contribution in [2.24, 2.45) is 5.41 Å². The summed E-state index contributed by atoms with van der Waals surface area (Å²) in [6.07, 6.45) is 0. The number of aromatic nitrogens is 3. The van der Waals surface area contributed by atoms with Gasteiger partial charge < -0.3 is 14.4 Å². The van der Waals surface area contributed by atoms with Crippen LogP contribution in [0.5, 0.6) is 0 Å². The van der Waals surface area contributed by atoms with E-state index in [1.807, 2.05) is 75.4 Å². The molecule has 0 aliphatic rings.